The standard InChI is InChI=1S/C25H28BrClN2O4/c26-22-5-2-1-4-21(22)24(31)29-11-3-10-25(17-29,16-23(30)28-12-14-32-15-13-28)18-33-20-8-6-19(27)7-9-20/h1-2,4-9H,3,10-18H2/t25-/m1/s1. The first kappa shape index (κ1) is 24.0. The quantitative estimate of drug-likeness (QED) is 0.540. The highest BCUT2D eigenvalue weighted by Crippen LogP contribution is 2.36. The SMILES string of the molecule is O=C(C[C@]1(COc2ccc(Cl)cc2)CCCN(C(=O)c2ccccc2Br)C1)N1CCOCC1. The number of carbonyl (C=O) groups is 2. The van der Waals surface area contributed by atoms with Gasteiger partial charge in [0, 0.05) is 47.5 Å². The van der Waals surface area contributed by atoms with Crippen molar-refractivity contribution in [2.45, 2.75) is 19.3 Å². The summed E-state index contributed by atoms with van der Waals surface area (Å²) in [5.41, 5.74) is 0.163. The van der Waals surface area contributed by atoms with Crippen LogP contribution >= 0.6 is 27.5 Å². The number of carbonyl (C=O) groups excluding carboxylic acids is 2. The molecule has 0 aliphatic carbocycles. The monoisotopic (exact) mass is 534 g/mol. The molecule has 2 aromatic rings. The topological polar surface area (TPSA) is 59.1 Å². The fourth-order valence-electron chi connectivity index (χ4n) is 4.51. The van der Waals surface area contributed by atoms with Gasteiger partial charge in [-0.1, -0.05) is 23.7 Å². The van der Waals surface area contributed by atoms with Gasteiger partial charge in [-0.05, 0) is 65.2 Å². The van der Waals surface area contributed by atoms with E-state index in [1.165, 1.54) is 0 Å². The van der Waals surface area contributed by atoms with Gasteiger partial charge in [0.2, 0.25) is 5.91 Å². The van der Waals surface area contributed by atoms with E-state index >= 15 is 0 Å². The smallest absolute Gasteiger partial charge is 0.255 e. The molecule has 2 amide bonds. The Hall–Kier alpha value is -2.09. The third kappa shape index (κ3) is 6.08. The van der Waals surface area contributed by atoms with E-state index in [2.05, 4.69) is 15.9 Å². The first-order valence-corrected chi connectivity index (χ1v) is 12.4. The zero-order valence-corrected chi connectivity index (χ0v) is 20.8. The Kier molecular flexibility index (Phi) is 7.94. The van der Waals surface area contributed by atoms with E-state index < -0.39 is 5.41 Å². The lowest BCUT2D eigenvalue weighted by atomic mass is 9.77. The van der Waals surface area contributed by atoms with Gasteiger partial charge in [-0.2, -0.15) is 0 Å². The third-order valence-corrected chi connectivity index (χ3v) is 7.25. The molecule has 2 saturated heterocycles. The molecule has 2 heterocycles. The summed E-state index contributed by atoms with van der Waals surface area (Å²) in [6.07, 6.45) is 1.97. The summed E-state index contributed by atoms with van der Waals surface area (Å²) in [4.78, 5) is 30.3. The minimum absolute atomic E-state index is 0.0307. The number of benzene rings is 2. The minimum Gasteiger partial charge on any atom is -0.493 e. The van der Waals surface area contributed by atoms with Crippen molar-refractivity contribution in [1.29, 1.82) is 0 Å². The van der Waals surface area contributed by atoms with E-state index in [0.717, 1.165) is 17.3 Å². The van der Waals surface area contributed by atoms with Gasteiger partial charge < -0.3 is 19.3 Å². The number of halogens is 2. The highest BCUT2D eigenvalue weighted by Gasteiger charge is 2.41. The molecule has 0 unspecified atom stereocenters. The summed E-state index contributed by atoms with van der Waals surface area (Å²) in [6.45, 7) is 3.81. The average Bonchev–Trinajstić information content (AvgIpc) is 2.84. The van der Waals surface area contributed by atoms with Crippen molar-refractivity contribution in [3.05, 3.63) is 63.6 Å². The molecule has 2 fully saturated rings. The molecule has 1 atom stereocenters. The van der Waals surface area contributed by atoms with E-state index in [4.69, 9.17) is 21.1 Å². The summed E-state index contributed by atoms with van der Waals surface area (Å²) in [5, 5.41) is 0.641. The first-order valence-electron chi connectivity index (χ1n) is 11.2. The Morgan fingerprint density at radius 1 is 1.03 bits per heavy atom. The van der Waals surface area contributed by atoms with Gasteiger partial charge in [-0.25, -0.2) is 0 Å². The van der Waals surface area contributed by atoms with Gasteiger partial charge in [0.25, 0.3) is 5.91 Å². The average molecular weight is 536 g/mol. The predicted octanol–water partition coefficient (Wildman–Crippen LogP) is 4.65. The zero-order valence-electron chi connectivity index (χ0n) is 18.5. The second kappa shape index (κ2) is 10.9. The number of hydrogen-bond acceptors (Lipinski definition) is 4. The van der Waals surface area contributed by atoms with E-state index in [-0.39, 0.29) is 11.8 Å². The van der Waals surface area contributed by atoms with Crippen LogP contribution in [0.3, 0.4) is 0 Å². The highest BCUT2D eigenvalue weighted by atomic mass is 79.9. The number of amides is 2. The number of hydrogen-bond donors (Lipinski definition) is 0. The fraction of sp³-hybridized carbons (Fsp3) is 0.440. The maximum atomic E-state index is 13.3. The van der Waals surface area contributed by atoms with Gasteiger partial charge in [-0.3, -0.25) is 9.59 Å². The summed E-state index contributed by atoms with van der Waals surface area (Å²) in [5.74, 6) is 0.761. The molecule has 0 spiro atoms. The second-order valence-corrected chi connectivity index (χ2v) is 10.0. The lowest BCUT2D eigenvalue weighted by Gasteiger charge is -2.43. The summed E-state index contributed by atoms with van der Waals surface area (Å²) in [6, 6.07) is 14.7. The van der Waals surface area contributed by atoms with E-state index in [0.29, 0.717) is 68.8 Å². The van der Waals surface area contributed by atoms with Crippen LogP contribution in [-0.2, 0) is 9.53 Å². The van der Waals surface area contributed by atoms with Gasteiger partial charge in [0.05, 0.1) is 25.4 Å². The van der Waals surface area contributed by atoms with Crippen molar-refractivity contribution in [2.24, 2.45) is 5.41 Å². The van der Waals surface area contributed by atoms with Crippen LogP contribution in [0, 0.1) is 5.41 Å². The molecule has 0 saturated carbocycles. The number of piperidine rings is 1. The molecule has 0 N–H and O–H groups in total. The van der Waals surface area contributed by atoms with Crippen molar-refractivity contribution >= 4 is 39.3 Å². The number of likely N-dealkylation sites (tertiary alicyclic amines) is 1. The zero-order chi connectivity index (χ0) is 23.3. The van der Waals surface area contributed by atoms with E-state index in [1.807, 2.05) is 46.2 Å². The lowest BCUT2D eigenvalue weighted by molar-refractivity contribution is -0.139. The van der Waals surface area contributed by atoms with Crippen LogP contribution in [0.1, 0.15) is 29.6 Å². The maximum Gasteiger partial charge on any atom is 0.255 e. The molecule has 6 nitrogen and oxygen atoms in total. The Morgan fingerprint density at radius 3 is 2.48 bits per heavy atom. The fourth-order valence-corrected chi connectivity index (χ4v) is 5.09. The summed E-state index contributed by atoms with van der Waals surface area (Å²) < 4.78 is 12.3. The predicted molar refractivity (Wildman–Crippen MR) is 131 cm³/mol. The van der Waals surface area contributed by atoms with Crippen LogP contribution in [0.25, 0.3) is 0 Å². The van der Waals surface area contributed by atoms with Crippen LogP contribution in [-0.4, -0.2) is 67.6 Å². The Labute approximate surface area is 207 Å². The van der Waals surface area contributed by atoms with Crippen molar-refractivity contribution in [3.8, 4) is 5.75 Å². The Bertz CT molecular complexity index is 981. The number of nitrogens with zero attached hydrogens (tertiary/aromatic N) is 2. The molecular weight excluding hydrogens is 508 g/mol. The molecule has 2 aliphatic heterocycles. The van der Waals surface area contributed by atoms with Gasteiger partial charge in [0.15, 0.2) is 0 Å². The molecular formula is C25H28BrClN2O4. The highest BCUT2D eigenvalue weighted by molar-refractivity contribution is 9.10. The van der Waals surface area contributed by atoms with Crippen LogP contribution in [0.15, 0.2) is 53.0 Å². The second-order valence-electron chi connectivity index (χ2n) is 8.72. The molecule has 0 bridgehead atoms. The number of morpholine rings is 1. The van der Waals surface area contributed by atoms with Gasteiger partial charge in [0.1, 0.15) is 5.75 Å². The number of ether oxygens (including phenoxy) is 2. The van der Waals surface area contributed by atoms with Crippen molar-refractivity contribution in [1.82, 2.24) is 9.80 Å². The van der Waals surface area contributed by atoms with Crippen molar-refractivity contribution in [3.63, 3.8) is 0 Å². The van der Waals surface area contributed by atoms with Gasteiger partial charge in [-0.15, -0.1) is 0 Å². The first-order chi connectivity index (χ1) is 16.0. The summed E-state index contributed by atoms with van der Waals surface area (Å²) >= 11 is 9.50. The molecule has 176 valence electrons. The van der Waals surface area contributed by atoms with Crippen molar-refractivity contribution in [2.75, 3.05) is 46.0 Å². The third-order valence-electron chi connectivity index (χ3n) is 6.30. The van der Waals surface area contributed by atoms with Gasteiger partial charge >= 0.3 is 0 Å². The Morgan fingerprint density at radius 2 is 1.76 bits per heavy atom. The maximum absolute atomic E-state index is 13.3. The normalized spacial score (nSPS) is 21.0. The van der Waals surface area contributed by atoms with Crippen LogP contribution in [0.4, 0.5) is 0 Å². The molecule has 33 heavy (non-hydrogen) atoms. The van der Waals surface area contributed by atoms with Crippen molar-refractivity contribution < 1.29 is 19.1 Å². The largest absolute Gasteiger partial charge is 0.493 e. The molecule has 4 rings (SSSR count). The molecule has 0 radical (unpaired) electrons. The lowest BCUT2D eigenvalue weighted by Crippen LogP contribution is -2.52. The Balaban J connectivity index is 1.54. The van der Waals surface area contributed by atoms with Crippen LogP contribution in [0.2, 0.25) is 5.02 Å². The number of rotatable bonds is 6. The molecule has 0 aromatic heterocycles. The van der Waals surface area contributed by atoms with E-state index in [9.17, 15) is 9.59 Å². The molecule has 2 aliphatic rings. The van der Waals surface area contributed by atoms with Crippen LogP contribution < -0.4 is 4.74 Å². The molecule has 2 aromatic carbocycles. The summed E-state index contributed by atoms with van der Waals surface area (Å²) in [7, 11) is 0. The minimum atomic E-state index is -0.468. The van der Waals surface area contributed by atoms with Crippen LogP contribution in [0.5, 0.6) is 5.75 Å². The molecule has 8 heteroatoms. The van der Waals surface area contributed by atoms with E-state index in [1.54, 1.807) is 12.1 Å².